The monoisotopic (exact) mass is 372 g/mol. The van der Waals surface area contributed by atoms with Gasteiger partial charge in [-0.3, -0.25) is 4.79 Å². The number of esters is 1. The normalized spacial score (nSPS) is 21.4. The molecule has 26 heavy (non-hydrogen) atoms. The Kier molecular flexibility index (Phi) is 5.47. The Labute approximate surface area is 155 Å². The third-order valence-corrected chi connectivity index (χ3v) is 7.71. The highest BCUT2D eigenvalue weighted by Crippen LogP contribution is 2.38. The van der Waals surface area contributed by atoms with Gasteiger partial charge in [-0.25, -0.2) is 8.42 Å². The van der Waals surface area contributed by atoms with E-state index in [1.165, 1.54) is 0 Å². The molecular weight excluding hydrogens is 348 g/mol. The van der Waals surface area contributed by atoms with E-state index in [9.17, 15) is 13.2 Å². The summed E-state index contributed by atoms with van der Waals surface area (Å²) in [7, 11) is -3.47. The number of aryl methyl sites for hydroxylation is 1. The van der Waals surface area contributed by atoms with Crippen molar-refractivity contribution in [1.82, 2.24) is 0 Å². The molecule has 2 aromatic carbocycles. The van der Waals surface area contributed by atoms with Crippen LogP contribution in [-0.2, 0) is 25.8 Å². The Morgan fingerprint density at radius 1 is 1.04 bits per heavy atom. The maximum Gasteiger partial charge on any atom is 0.327 e. The topological polar surface area (TPSA) is 60.4 Å². The molecule has 1 aliphatic heterocycles. The van der Waals surface area contributed by atoms with Gasteiger partial charge >= 0.3 is 5.97 Å². The van der Waals surface area contributed by atoms with Gasteiger partial charge in [0.15, 0.2) is 14.6 Å². The quantitative estimate of drug-likeness (QED) is 0.724. The average Bonchev–Trinajstić information content (AvgIpc) is 2.96. The van der Waals surface area contributed by atoms with Crippen LogP contribution in [0.1, 0.15) is 31.7 Å². The van der Waals surface area contributed by atoms with Crippen LogP contribution in [0.4, 0.5) is 0 Å². The largest absolute Gasteiger partial charge is 0.465 e. The van der Waals surface area contributed by atoms with Gasteiger partial charge in [0.25, 0.3) is 0 Å². The van der Waals surface area contributed by atoms with Gasteiger partial charge in [0.05, 0.1) is 12.4 Å². The van der Waals surface area contributed by atoms with E-state index in [1.54, 1.807) is 6.92 Å². The summed E-state index contributed by atoms with van der Waals surface area (Å²) >= 11 is 0. The maximum atomic E-state index is 12.6. The first kappa shape index (κ1) is 18.6. The first-order chi connectivity index (χ1) is 12.5. The fourth-order valence-corrected chi connectivity index (χ4v) is 5.71. The van der Waals surface area contributed by atoms with Crippen molar-refractivity contribution in [3.8, 4) is 11.1 Å². The van der Waals surface area contributed by atoms with Crippen molar-refractivity contribution in [3.05, 3.63) is 60.2 Å². The molecule has 5 heteroatoms. The minimum absolute atomic E-state index is 0.0682. The van der Waals surface area contributed by atoms with Crippen LogP contribution in [0.15, 0.2) is 54.6 Å². The number of benzene rings is 2. The molecule has 4 nitrogen and oxygen atoms in total. The molecule has 1 atom stereocenters. The summed E-state index contributed by atoms with van der Waals surface area (Å²) in [5, 5.41) is 0. The molecule has 1 aliphatic rings. The van der Waals surface area contributed by atoms with E-state index in [2.05, 4.69) is 12.1 Å². The lowest BCUT2D eigenvalue weighted by Gasteiger charge is -2.25. The van der Waals surface area contributed by atoms with Crippen molar-refractivity contribution in [3.63, 3.8) is 0 Å². The Balaban J connectivity index is 1.77. The van der Waals surface area contributed by atoms with E-state index < -0.39 is 20.6 Å². The molecule has 1 unspecified atom stereocenters. The Hall–Kier alpha value is -2.14. The third kappa shape index (κ3) is 3.54. The predicted molar refractivity (Wildman–Crippen MR) is 103 cm³/mol. The molecule has 0 bridgehead atoms. The molecule has 0 aliphatic carbocycles. The van der Waals surface area contributed by atoms with Crippen molar-refractivity contribution >= 4 is 15.8 Å². The summed E-state index contributed by atoms with van der Waals surface area (Å²) in [5.41, 5.74) is 3.28. The fourth-order valence-electron chi connectivity index (χ4n) is 3.61. The molecule has 1 fully saturated rings. The van der Waals surface area contributed by atoms with Crippen molar-refractivity contribution in [2.45, 2.75) is 37.4 Å². The second-order valence-corrected chi connectivity index (χ2v) is 9.12. The van der Waals surface area contributed by atoms with Crippen LogP contribution in [0, 0.1) is 0 Å². The zero-order valence-electron chi connectivity index (χ0n) is 15.0. The lowest BCUT2D eigenvalue weighted by atomic mass is 9.94. The van der Waals surface area contributed by atoms with Crippen LogP contribution in [0.5, 0.6) is 0 Å². The van der Waals surface area contributed by atoms with E-state index in [-0.39, 0.29) is 18.8 Å². The van der Waals surface area contributed by atoms with E-state index in [1.807, 2.05) is 42.5 Å². The van der Waals surface area contributed by atoms with Crippen LogP contribution in [0.25, 0.3) is 11.1 Å². The fraction of sp³-hybridized carbons (Fsp3) is 0.381. The van der Waals surface area contributed by atoms with Crippen molar-refractivity contribution in [1.29, 1.82) is 0 Å². The SMILES string of the molecule is CCOC(=O)C1(CCc2ccc(-c3ccccc3)cc2)CCCS1(=O)=O. The third-order valence-electron chi connectivity index (χ3n) is 5.12. The number of ether oxygens (including phenoxy) is 1. The lowest BCUT2D eigenvalue weighted by molar-refractivity contribution is -0.146. The van der Waals surface area contributed by atoms with Gasteiger partial charge in [0.2, 0.25) is 0 Å². The van der Waals surface area contributed by atoms with Crippen molar-refractivity contribution in [2.75, 3.05) is 12.4 Å². The zero-order valence-corrected chi connectivity index (χ0v) is 15.8. The molecule has 3 rings (SSSR count). The zero-order chi connectivity index (χ0) is 18.6. The highest BCUT2D eigenvalue weighted by atomic mass is 32.2. The number of rotatable bonds is 6. The van der Waals surface area contributed by atoms with Gasteiger partial charge in [-0.1, -0.05) is 54.6 Å². The van der Waals surface area contributed by atoms with E-state index in [0.29, 0.717) is 19.3 Å². The standard InChI is InChI=1S/C21H24O4S/c1-2-25-20(22)21(14-6-16-26(21,23)24)15-13-17-9-11-19(12-10-17)18-7-4-3-5-8-18/h3-5,7-12H,2,6,13-16H2,1H3. The maximum absolute atomic E-state index is 12.6. The van der Waals surface area contributed by atoms with Gasteiger partial charge in [-0.15, -0.1) is 0 Å². The van der Waals surface area contributed by atoms with E-state index in [4.69, 9.17) is 4.74 Å². The molecular formula is C21H24O4S. The summed E-state index contributed by atoms with van der Waals surface area (Å²) in [6, 6.07) is 18.1. The van der Waals surface area contributed by atoms with Crippen LogP contribution in [0.3, 0.4) is 0 Å². The van der Waals surface area contributed by atoms with Crippen LogP contribution < -0.4 is 0 Å². The molecule has 1 heterocycles. The molecule has 0 amide bonds. The van der Waals surface area contributed by atoms with Crippen LogP contribution in [-0.4, -0.2) is 31.5 Å². The number of sulfone groups is 1. The second kappa shape index (κ2) is 7.62. The summed E-state index contributed by atoms with van der Waals surface area (Å²) in [5.74, 6) is -0.517. The van der Waals surface area contributed by atoms with Gasteiger partial charge < -0.3 is 4.74 Å². The van der Waals surface area contributed by atoms with E-state index >= 15 is 0 Å². The number of carbonyl (C=O) groups excluding carboxylic acids is 1. The molecule has 1 saturated heterocycles. The van der Waals surface area contributed by atoms with Crippen LogP contribution >= 0.6 is 0 Å². The van der Waals surface area contributed by atoms with Crippen molar-refractivity contribution in [2.24, 2.45) is 0 Å². The van der Waals surface area contributed by atoms with Gasteiger partial charge in [0, 0.05) is 0 Å². The average molecular weight is 372 g/mol. The molecule has 138 valence electrons. The summed E-state index contributed by atoms with van der Waals surface area (Å²) in [6.07, 6.45) is 1.69. The molecule has 0 aromatic heterocycles. The first-order valence-corrected chi connectivity index (χ1v) is 10.7. The van der Waals surface area contributed by atoms with Gasteiger partial charge in [-0.05, 0) is 49.3 Å². The summed E-state index contributed by atoms with van der Waals surface area (Å²) < 4.78 is 28.9. The summed E-state index contributed by atoms with van der Waals surface area (Å²) in [6.45, 7) is 1.90. The van der Waals surface area contributed by atoms with Gasteiger partial charge in [-0.2, -0.15) is 0 Å². The minimum atomic E-state index is -3.47. The van der Waals surface area contributed by atoms with Gasteiger partial charge in [0.1, 0.15) is 0 Å². The highest BCUT2D eigenvalue weighted by Gasteiger charge is 2.54. The number of carbonyl (C=O) groups is 1. The second-order valence-electron chi connectivity index (χ2n) is 6.70. The molecule has 2 aromatic rings. The molecule has 0 radical (unpaired) electrons. The Morgan fingerprint density at radius 2 is 1.69 bits per heavy atom. The molecule has 0 spiro atoms. The lowest BCUT2D eigenvalue weighted by Crippen LogP contribution is -2.45. The minimum Gasteiger partial charge on any atom is -0.465 e. The predicted octanol–water partition coefficient (Wildman–Crippen LogP) is 3.80. The Bertz CT molecular complexity index is 857. The van der Waals surface area contributed by atoms with E-state index in [0.717, 1.165) is 16.7 Å². The highest BCUT2D eigenvalue weighted by molar-refractivity contribution is 7.93. The summed E-state index contributed by atoms with van der Waals surface area (Å²) in [4.78, 5) is 12.4. The number of hydrogen-bond acceptors (Lipinski definition) is 4. The molecule has 0 N–H and O–H groups in total. The number of hydrogen-bond donors (Lipinski definition) is 0. The smallest absolute Gasteiger partial charge is 0.327 e. The molecule has 0 saturated carbocycles. The van der Waals surface area contributed by atoms with Crippen LogP contribution in [0.2, 0.25) is 0 Å². The first-order valence-electron chi connectivity index (χ1n) is 9.02. The Morgan fingerprint density at radius 3 is 2.27 bits per heavy atom. The van der Waals surface area contributed by atoms with Crippen molar-refractivity contribution < 1.29 is 17.9 Å².